The number of rotatable bonds is 3. The molecule has 11 heteroatoms. The van der Waals surface area contributed by atoms with Gasteiger partial charge in [-0.3, -0.25) is 19.3 Å². The van der Waals surface area contributed by atoms with Gasteiger partial charge in [0.05, 0.1) is 29.3 Å². The van der Waals surface area contributed by atoms with Crippen molar-refractivity contribution < 1.29 is 39.9 Å². The van der Waals surface area contributed by atoms with Crippen molar-refractivity contribution in [2.24, 2.45) is 17.6 Å². The Hall–Kier alpha value is -3.41. The minimum Gasteiger partial charge on any atom is -0.510 e. The van der Waals surface area contributed by atoms with Gasteiger partial charge < -0.3 is 36.2 Å². The summed E-state index contributed by atoms with van der Waals surface area (Å²) in [6.07, 6.45) is 1.34. The molecule has 1 aliphatic heterocycles. The number of phenolic OH excluding ortho intramolecular Hbond substituents is 1. The van der Waals surface area contributed by atoms with E-state index in [-0.39, 0.29) is 11.3 Å². The molecule has 1 unspecified atom stereocenters. The van der Waals surface area contributed by atoms with E-state index in [9.17, 15) is 39.9 Å². The van der Waals surface area contributed by atoms with Crippen LogP contribution in [0.5, 0.6) is 5.75 Å². The molecule has 11 nitrogen and oxygen atoms in total. The van der Waals surface area contributed by atoms with E-state index in [0.717, 1.165) is 19.3 Å². The Balaban J connectivity index is 1.73. The van der Waals surface area contributed by atoms with Crippen molar-refractivity contribution in [3.05, 3.63) is 45.9 Å². The molecule has 38 heavy (non-hydrogen) atoms. The normalized spacial score (nSPS) is 33.3. The van der Waals surface area contributed by atoms with Gasteiger partial charge in [-0.05, 0) is 50.9 Å². The Morgan fingerprint density at radius 2 is 1.74 bits per heavy atom. The fraction of sp³-hybridized carbons (Fsp3) is 0.519. The number of piperidine rings is 1. The highest BCUT2D eigenvalue weighted by Gasteiger charge is 2.67. The summed E-state index contributed by atoms with van der Waals surface area (Å²) < 4.78 is 0. The van der Waals surface area contributed by atoms with Gasteiger partial charge in [-0.1, -0.05) is 13.0 Å². The summed E-state index contributed by atoms with van der Waals surface area (Å²) in [5, 5.41) is 57.0. The topological polar surface area (TPSA) is 185 Å². The van der Waals surface area contributed by atoms with Gasteiger partial charge in [-0.2, -0.15) is 0 Å². The largest absolute Gasteiger partial charge is 0.510 e. The first kappa shape index (κ1) is 26.2. The Morgan fingerprint density at radius 3 is 2.32 bits per heavy atom. The summed E-state index contributed by atoms with van der Waals surface area (Å²) in [5.74, 6) is -8.76. The number of likely N-dealkylation sites (N-methyl/N-ethyl adjacent to an activating group) is 1. The van der Waals surface area contributed by atoms with Crippen LogP contribution in [0.15, 0.2) is 34.8 Å². The molecule has 1 aromatic carbocycles. The number of carbonyl (C=O) groups is 3. The van der Waals surface area contributed by atoms with Gasteiger partial charge in [0.2, 0.25) is 5.78 Å². The number of Topliss-reactive ketones (excluding diaryl/α,β-unsaturated/α-hetero) is 2. The van der Waals surface area contributed by atoms with Gasteiger partial charge in [0.15, 0.2) is 11.4 Å². The summed E-state index contributed by atoms with van der Waals surface area (Å²) in [7, 11) is 3.01. The van der Waals surface area contributed by atoms with Crippen molar-refractivity contribution in [2.45, 2.75) is 49.9 Å². The van der Waals surface area contributed by atoms with Gasteiger partial charge in [-0.25, -0.2) is 0 Å². The first-order valence-corrected chi connectivity index (χ1v) is 12.8. The van der Waals surface area contributed by atoms with Crippen LogP contribution in [0.1, 0.15) is 48.0 Å². The molecule has 0 spiro atoms. The Morgan fingerprint density at radius 1 is 1.11 bits per heavy atom. The molecule has 1 amide bonds. The second-order valence-corrected chi connectivity index (χ2v) is 11.0. The smallest absolute Gasteiger partial charge is 0.255 e. The standard InChI is InChI=1S/C27H33N3O8/c1-11-12-7-8-13(30-9-5-4-6-10-30)20(31)15(12)21(32)16-14(11)22(33)18-19(29(2)3)23(34)17(26(28)37)25(36)27(18,38)24(16)35/h7-8,11,14,18-19,22,31,33-35,38H,4-6,9-10H2,1-3H3,(H2,28,37)/t11-,14+,18+,19?,22-,27-/m1/s1. The van der Waals surface area contributed by atoms with Gasteiger partial charge in [-0.15, -0.1) is 0 Å². The number of primary amides is 1. The van der Waals surface area contributed by atoms with Crippen molar-refractivity contribution in [3.63, 3.8) is 0 Å². The zero-order valence-corrected chi connectivity index (χ0v) is 21.5. The fourth-order valence-electron chi connectivity index (χ4n) is 7.00. The summed E-state index contributed by atoms with van der Waals surface area (Å²) >= 11 is 0. The van der Waals surface area contributed by atoms with Gasteiger partial charge in [0.1, 0.15) is 22.8 Å². The Bertz CT molecular complexity index is 1310. The maximum absolute atomic E-state index is 13.9. The summed E-state index contributed by atoms with van der Waals surface area (Å²) in [6, 6.07) is 2.18. The third kappa shape index (κ3) is 3.28. The van der Waals surface area contributed by atoms with Gasteiger partial charge in [0, 0.05) is 24.6 Å². The molecule has 5 rings (SSSR count). The molecule has 1 saturated heterocycles. The lowest BCUT2D eigenvalue weighted by Gasteiger charge is -2.53. The zero-order valence-electron chi connectivity index (χ0n) is 21.5. The number of ketones is 2. The fourth-order valence-corrected chi connectivity index (χ4v) is 7.00. The van der Waals surface area contributed by atoms with E-state index in [1.807, 2.05) is 4.90 Å². The minimum absolute atomic E-state index is 0.0615. The van der Waals surface area contributed by atoms with Crippen LogP contribution >= 0.6 is 0 Å². The van der Waals surface area contributed by atoms with Crippen LogP contribution in [0.4, 0.5) is 5.69 Å². The van der Waals surface area contributed by atoms with Crippen molar-refractivity contribution in [1.82, 2.24) is 4.90 Å². The van der Waals surface area contributed by atoms with Crippen LogP contribution in [0, 0.1) is 11.8 Å². The number of fused-ring (bicyclic) bond motifs is 3. The van der Waals surface area contributed by atoms with E-state index in [1.165, 1.54) is 19.0 Å². The molecule has 7 N–H and O–H groups in total. The van der Waals surface area contributed by atoms with Gasteiger partial charge >= 0.3 is 0 Å². The van der Waals surface area contributed by atoms with Crippen LogP contribution in [0.2, 0.25) is 0 Å². The van der Waals surface area contributed by atoms with E-state index in [0.29, 0.717) is 24.3 Å². The molecule has 3 aliphatic carbocycles. The van der Waals surface area contributed by atoms with Crippen molar-refractivity contribution in [1.29, 1.82) is 0 Å². The van der Waals surface area contributed by atoms with Crippen LogP contribution in [0.3, 0.4) is 0 Å². The first-order valence-electron chi connectivity index (χ1n) is 12.8. The lowest BCUT2D eigenvalue weighted by Crippen LogP contribution is -2.68. The molecule has 6 atom stereocenters. The number of hydrogen-bond acceptors (Lipinski definition) is 10. The van der Waals surface area contributed by atoms with E-state index in [2.05, 4.69) is 0 Å². The zero-order chi connectivity index (χ0) is 27.8. The molecule has 0 aromatic heterocycles. The number of amides is 1. The van der Waals surface area contributed by atoms with Gasteiger partial charge in [0.25, 0.3) is 5.91 Å². The highest BCUT2D eigenvalue weighted by atomic mass is 16.4. The van der Waals surface area contributed by atoms with Crippen molar-refractivity contribution in [2.75, 3.05) is 32.1 Å². The number of anilines is 1. The average molecular weight is 528 g/mol. The maximum atomic E-state index is 13.9. The second-order valence-electron chi connectivity index (χ2n) is 11.0. The number of benzene rings is 1. The molecule has 0 radical (unpaired) electrons. The highest BCUT2D eigenvalue weighted by Crippen LogP contribution is 2.56. The second kappa shape index (κ2) is 8.82. The minimum atomic E-state index is -2.91. The number of aliphatic hydroxyl groups excluding tert-OH is 3. The average Bonchev–Trinajstić information content (AvgIpc) is 2.86. The number of nitrogens with two attached hydrogens (primary N) is 1. The number of hydrogen-bond donors (Lipinski definition) is 6. The van der Waals surface area contributed by atoms with Crippen molar-refractivity contribution >= 4 is 23.2 Å². The molecular formula is C27H33N3O8. The van der Waals surface area contributed by atoms with E-state index >= 15 is 0 Å². The number of aromatic hydroxyl groups is 1. The highest BCUT2D eigenvalue weighted by molar-refractivity contribution is 6.25. The molecule has 1 heterocycles. The van der Waals surface area contributed by atoms with E-state index in [1.54, 1.807) is 19.1 Å². The summed E-state index contributed by atoms with van der Waals surface area (Å²) in [6.45, 7) is 3.13. The lowest BCUT2D eigenvalue weighted by molar-refractivity contribution is -0.162. The monoisotopic (exact) mass is 527 g/mol. The Kier molecular flexibility index (Phi) is 6.08. The molecule has 4 aliphatic rings. The van der Waals surface area contributed by atoms with E-state index < -0.39 is 75.6 Å². The van der Waals surface area contributed by atoms with Crippen molar-refractivity contribution in [3.8, 4) is 5.75 Å². The number of aliphatic hydroxyl groups is 4. The maximum Gasteiger partial charge on any atom is 0.255 e. The third-order valence-electron chi connectivity index (χ3n) is 8.81. The predicted molar refractivity (Wildman–Crippen MR) is 136 cm³/mol. The first-order chi connectivity index (χ1) is 17.8. The quantitative estimate of drug-likeness (QED) is 0.305. The molecule has 0 saturated carbocycles. The summed E-state index contributed by atoms with van der Waals surface area (Å²) in [5.41, 5.74) is 1.99. The third-order valence-corrected chi connectivity index (χ3v) is 8.81. The lowest BCUT2D eigenvalue weighted by atomic mass is 9.55. The van der Waals surface area contributed by atoms with E-state index in [4.69, 9.17) is 5.73 Å². The van der Waals surface area contributed by atoms with Crippen LogP contribution in [0.25, 0.3) is 0 Å². The SMILES string of the molecule is C[C@@H]1c2ccc(N3CCCCC3)c(O)c2C(=O)C2=C(O)[C@@]3(O)C(=O)C(C(N)=O)=C(O)C(N(C)C)[C@H]3[C@H](O)[C@H]21. The molecule has 0 bridgehead atoms. The molecule has 1 fully saturated rings. The number of phenols is 1. The van der Waals surface area contributed by atoms with Crippen LogP contribution in [-0.4, -0.2) is 92.8 Å². The number of carbonyl (C=O) groups excluding carboxylic acids is 3. The predicted octanol–water partition coefficient (Wildman–Crippen LogP) is 0.643. The Labute approximate surface area is 219 Å². The number of nitrogens with zero attached hydrogens (tertiary/aromatic N) is 2. The van der Waals surface area contributed by atoms with Crippen LogP contribution in [-0.2, 0) is 9.59 Å². The molecular weight excluding hydrogens is 494 g/mol. The van der Waals surface area contributed by atoms with Crippen LogP contribution < -0.4 is 10.6 Å². The summed E-state index contributed by atoms with van der Waals surface area (Å²) in [4.78, 5) is 42.9. The molecule has 1 aromatic rings. The molecule has 204 valence electrons.